The molecule has 0 unspecified atom stereocenters. The zero-order valence-electron chi connectivity index (χ0n) is 13.8. The van der Waals surface area contributed by atoms with Gasteiger partial charge in [0.05, 0.1) is 6.61 Å². The van der Waals surface area contributed by atoms with Gasteiger partial charge in [-0.3, -0.25) is 0 Å². The van der Waals surface area contributed by atoms with E-state index in [9.17, 15) is 0 Å². The van der Waals surface area contributed by atoms with Crippen molar-refractivity contribution >= 4 is 21.4 Å². The Kier molecular flexibility index (Phi) is 5.71. The molecule has 2 heteroatoms. The molecule has 0 spiro atoms. The van der Waals surface area contributed by atoms with Crippen LogP contribution in [-0.4, -0.2) is 6.61 Å². The maximum absolute atomic E-state index is 5.85. The van der Waals surface area contributed by atoms with Gasteiger partial charge in [0.2, 0.25) is 0 Å². The molecule has 3 aromatic rings. The molecule has 120 valence electrons. The van der Waals surface area contributed by atoms with E-state index in [1.807, 2.05) is 0 Å². The van der Waals surface area contributed by atoms with Crippen LogP contribution >= 0.6 is 11.3 Å². The summed E-state index contributed by atoms with van der Waals surface area (Å²) < 4.78 is 7.19. The van der Waals surface area contributed by atoms with E-state index in [1.54, 1.807) is 11.3 Å². The zero-order chi connectivity index (χ0) is 15.9. The minimum atomic E-state index is 0.824. The fourth-order valence-corrected chi connectivity index (χ4v) is 3.80. The molecule has 0 aliphatic rings. The second-order valence-electron chi connectivity index (χ2n) is 5.93. The summed E-state index contributed by atoms with van der Waals surface area (Å²) in [5.74, 6) is 0.976. The molecule has 1 aromatic heterocycles. The van der Waals surface area contributed by atoms with Crippen LogP contribution in [0.1, 0.15) is 39.0 Å². The maximum Gasteiger partial charge on any atom is 0.119 e. The first-order valence-corrected chi connectivity index (χ1v) is 9.46. The van der Waals surface area contributed by atoms with Gasteiger partial charge in [-0.25, -0.2) is 0 Å². The van der Waals surface area contributed by atoms with Crippen LogP contribution in [0.2, 0.25) is 0 Å². The Labute approximate surface area is 142 Å². The average molecular weight is 324 g/mol. The Bertz CT molecular complexity index is 727. The Morgan fingerprint density at radius 3 is 2.48 bits per heavy atom. The molecule has 0 fully saturated rings. The van der Waals surface area contributed by atoms with E-state index >= 15 is 0 Å². The largest absolute Gasteiger partial charge is 0.494 e. The topological polar surface area (TPSA) is 9.23 Å². The van der Waals surface area contributed by atoms with Crippen molar-refractivity contribution in [2.24, 2.45) is 0 Å². The lowest BCUT2D eigenvalue weighted by atomic mass is 10.0. The first-order chi connectivity index (χ1) is 11.4. The quantitative estimate of drug-likeness (QED) is 0.409. The van der Waals surface area contributed by atoms with Crippen LogP contribution in [0, 0.1) is 0 Å². The highest BCUT2D eigenvalue weighted by molar-refractivity contribution is 7.17. The molecule has 3 rings (SSSR count). The molecular formula is C21H24OS. The number of hydrogen-bond acceptors (Lipinski definition) is 2. The molecule has 0 aliphatic carbocycles. The highest BCUT2D eigenvalue weighted by Crippen LogP contribution is 2.34. The van der Waals surface area contributed by atoms with Gasteiger partial charge in [0, 0.05) is 15.6 Å². The van der Waals surface area contributed by atoms with Crippen molar-refractivity contribution in [2.45, 2.75) is 39.0 Å². The summed E-state index contributed by atoms with van der Waals surface area (Å²) in [6.07, 6.45) is 6.37. The van der Waals surface area contributed by atoms with Crippen LogP contribution in [-0.2, 0) is 0 Å². The van der Waals surface area contributed by atoms with E-state index in [-0.39, 0.29) is 0 Å². The number of unbranched alkanes of at least 4 members (excludes halogenated alkanes) is 4. The lowest BCUT2D eigenvalue weighted by Crippen LogP contribution is -1.97. The highest BCUT2D eigenvalue weighted by Gasteiger charge is 2.06. The third-order valence-corrected chi connectivity index (χ3v) is 5.13. The molecule has 0 bridgehead atoms. The average Bonchev–Trinajstić information content (AvgIpc) is 3.03. The van der Waals surface area contributed by atoms with Crippen molar-refractivity contribution in [3.63, 3.8) is 0 Å². The van der Waals surface area contributed by atoms with Crippen molar-refractivity contribution in [2.75, 3.05) is 6.61 Å². The van der Waals surface area contributed by atoms with Gasteiger partial charge >= 0.3 is 0 Å². The molecular weight excluding hydrogens is 300 g/mol. The minimum Gasteiger partial charge on any atom is -0.494 e. The summed E-state index contributed by atoms with van der Waals surface area (Å²) in [6, 6.07) is 17.1. The molecule has 23 heavy (non-hydrogen) atoms. The van der Waals surface area contributed by atoms with Gasteiger partial charge in [-0.2, -0.15) is 0 Å². The number of thiophene rings is 1. The summed E-state index contributed by atoms with van der Waals surface area (Å²) in [5, 5.41) is 3.58. The molecule has 1 nitrogen and oxygen atoms in total. The van der Waals surface area contributed by atoms with Gasteiger partial charge in [0.25, 0.3) is 0 Å². The maximum atomic E-state index is 5.85. The summed E-state index contributed by atoms with van der Waals surface area (Å²) in [7, 11) is 0. The third-order valence-electron chi connectivity index (χ3n) is 4.16. The molecule has 0 amide bonds. The summed E-state index contributed by atoms with van der Waals surface area (Å²) in [6.45, 7) is 3.07. The first kappa shape index (κ1) is 16.1. The monoisotopic (exact) mass is 324 g/mol. The summed E-state index contributed by atoms with van der Waals surface area (Å²) in [4.78, 5) is 0. The van der Waals surface area contributed by atoms with E-state index in [0.29, 0.717) is 0 Å². The van der Waals surface area contributed by atoms with Crippen molar-refractivity contribution in [1.82, 2.24) is 0 Å². The van der Waals surface area contributed by atoms with Gasteiger partial charge < -0.3 is 4.74 Å². The predicted octanol–water partition coefficient (Wildman–Crippen LogP) is 6.92. The van der Waals surface area contributed by atoms with Crippen LogP contribution in [0.5, 0.6) is 5.75 Å². The fraction of sp³-hybridized carbons (Fsp3) is 0.333. The lowest BCUT2D eigenvalue weighted by molar-refractivity contribution is 0.304. The van der Waals surface area contributed by atoms with Gasteiger partial charge in [0.1, 0.15) is 5.75 Å². The SMILES string of the molecule is CCCCCCCOc1ccc(-c2csc3ccccc23)cc1. The van der Waals surface area contributed by atoms with Crippen LogP contribution in [0.4, 0.5) is 0 Å². The molecule has 1 heterocycles. The number of ether oxygens (including phenoxy) is 1. The Hall–Kier alpha value is -1.80. The van der Waals surface area contributed by atoms with E-state index < -0.39 is 0 Å². The summed E-state index contributed by atoms with van der Waals surface area (Å²) >= 11 is 1.80. The van der Waals surface area contributed by atoms with Gasteiger partial charge in [-0.1, -0.05) is 62.9 Å². The smallest absolute Gasteiger partial charge is 0.119 e. The molecule has 2 aromatic carbocycles. The first-order valence-electron chi connectivity index (χ1n) is 8.58. The predicted molar refractivity (Wildman–Crippen MR) is 102 cm³/mol. The van der Waals surface area contributed by atoms with Crippen LogP contribution in [0.25, 0.3) is 21.2 Å². The van der Waals surface area contributed by atoms with Gasteiger partial charge in [0.15, 0.2) is 0 Å². The third kappa shape index (κ3) is 4.14. The van der Waals surface area contributed by atoms with Crippen molar-refractivity contribution in [3.8, 4) is 16.9 Å². The molecule has 0 saturated heterocycles. The number of fused-ring (bicyclic) bond motifs is 1. The van der Waals surface area contributed by atoms with Crippen LogP contribution < -0.4 is 4.74 Å². The normalized spacial score (nSPS) is 11.0. The summed E-state index contributed by atoms with van der Waals surface area (Å²) in [5.41, 5.74) is 2.58. The fourth-order valence-electron chi connectivity index (χ4n) is 2.83. The standard InChI is InChI=1S/C21H24OS/c1-2-3-4-5-8-15-22-18-13-11-17(12-14-18)20-16-23-21-10-7-6-9-19(20)21/h6-7,9-14,16H,2-5,8,15H2,1H3. The second kappa shape index (κ2) is 8.16. The zero-order valence-corrected chi connectivity index (χ0v) is 14.6. The van der Waals surface area contributed by atoms with Gasteiger partial charge in [-0.15, -0.1) is 11.3 Å². The van der Waals surface area contributed by atoms with Crippen molar-refractivity contribution < 1.29 is 4.74 Å². The minimum absolute atomic E-state index is 0.824. The Balaban J connectivity index is 1.59. The molecule has 0 saturated carbocycles. The Morgan fingerprint density at radius 2 is 1.65 bits per heavy atom. The molecule has 0 atom stereocenters. The van der Waals surface area contributed by atoms with E-state index in [2.05, 4.69) is 60.8 Å². The van der Waals surface area contributed by atoms with Crippen molar-refractivity contribution in [1.29, 1.82) is 0 Å². The lowest BCUT2D eigenvalue weighted by Gasteiger charge is -2.07. The second-order valence-corrected chi connectivity index (χ2v) is 6.84. The van der Waals surface area contributed by atoms with Crippen molar-refractivity contribution in [3.05, 3.63) is 53.9 Å². The van der Waals surface area contributed by atoms with E-state index in [1.165, 1.54) is 46.9 Å². The number of rotatable bonds is 8. The number of benzene rings is 2. The van der Waals surface area contributed by atoms with Gasteiger partial charge in [-0.05, 0) is 35.6 Å². The van der Waals surface area contributed by atoms with E-state index in [4.69, 9.17) is 4.74 Å². The molecule has 0 radical (unpaired) electrons. The van der Waals surface area contributed by atoms with Crippen LogP contribution in [0.3, 0.4) is 0 Å². The van der Waals surface area contributed by atoms with E-state index in [0.717, 1.165) is 18.8 Å². The molecule has 0 N–H and O–H groups in total. The number of hydrogen-bond donors (Lipinski definition) is 0. The Morgan fingerprint density at radius 1 is 0.870 bits per heavy atom. The highest BCUT2D eigenvalue weighted by atomic mass is 32.1. The molecule has 0 aliphatic heterocycles. The van der Waals surface area contributed by atoms with Crippen LogP contribution in [0.15, 0.2) is 53.9 Å².